The molecule has 3 unspecified atom stereocenters. The standard InChI is InChI=1S/C22H21ClN2O4/c1-2-10-29-22(26)14-7-9-19-17(11-14)15-4-3-5-16(15)21(24-19)13-6-8-18(23)20(12-13)25(27)28/h3-4,6-9,11-12,15-16,21,24H,2,5,10H2,1H3. The van der Waals surface area contributed by atoms with Gasteiger partial charge in [0, 0.05) is 17.7 Å². The van der Waals surface area contributed by atoms with E-state index >= 15 is 0 Å². The van der Waals surface area contributed by atoms with Gasteiger partial charge in [-0.25, -0.2) is 4.79 Å². The van der Waals surface area contributed by atoms with Crippen LogP contribution in [0.2, 0.25) is 5.02 Å². The third-order valence-electron chi connectivity index (χ3n) is 5.56. The molecule has 29 heavy (non-hydrogen) atoms. The van der Waals surface area contributed by atoms with Gasteiger partial charge < -0.3 is 10.1 Å². The van der Waals surface area contributed by atoms with Crippen LogP contribution in [0, 0.1) is 16.0 Å². The highest BCUT2D eigenvalue weighted by atomic mass is 35.5. The number of rotatable bonds is 5. The number of nitrogens with one attached hydrogen (secondary N) is 1. The molecule has 0 aromatic heterocycles. The van der Waals surface area contributed by atoms with Gasteiger partial charge in [-0.2, -0.15) is 0 Å². The topological polar surface area (TPSA) is 81.5 Å². The van der Waals surface area contributed by atoms with Crippen molar-refractivity contribution >= 4 is 28.9 Å². The predicted octanol–water partition coefficient (Wildman–Crippen LogP) is 5.64. The number of nitro benzene ring substituents is 1. The van der Waals surface area contributed by atoms with Crippen molar-refractivity contribution in [3.05, 3.63) is 80.4 Å². The zero-order valence-electron chi connectivity index (χ0n) is 15.9. The molecule has 0 amide bonds. The maximum absolute atomic E-state index is 12.3. The van der Waals surface area contributed by atoms with Crippen LogP contribution in [0.3, 0.4) is 0 Å². The van der Waals surface area contributed by atoms with Crippen LogP contribution < -0.4 is 5.32 Å². The summed E-state index contributed by atoms with van der Waals surface area (Å²) in [5.41, 5.74) is 3.26. The Hall–Kier alpha value is -2.86. The second-order valence-corrected chi connectivity index (χ2v) is 7.79. The molecule has 0 saturated heterocycles. The van der Waals surface area contributed by atoms with E-state index in [1.54, 1.807) is 18.2 Å². The monoisotopic (exact) mass is 412 g/mol. The van der Waals surface area contributed by atoms with Gasteiger partial charge in [0.15, 0.2) is 0 Å². The number of fused-ring (bicyclic) bond motifs is 3. The Morgan fingerprint density at radius 2 is 2.14 bits per heavy atom. The number of benzene rings is 2. The van der Waals surface area contributed by atoms with Gasteiger partial charge in [-0.05, 0) is 54.2 Å². The summed E-state index contributed by atoms with van der Waals surface area (Å²) >= 11 is 5.99. The Bertz CT molecular complexity index is 1000. The van der Waals surface area contributed by atoms with Crippen molar-refractivity contribution in [2.24, 2.45) is 5.92 Å². The van der Waals surface area contributed by atoms with Crippen molar-refractivity contribution in [1.29, 1.82) is 0 Å². The van der Waals surface area contributed by atoms with E-state index in [0.717, 1.165) is 29.7 Å². The number of halogens is 1. The summed E-state index contributed by atoms with van der Waals surface area (Å²) in [5.74, 6) is 0.0127. The van der Waals surface area contributed by atoms with Gasteiger partial charge in [0.25, 0.3) is 5.69 Å². The lowest BCUT2D eigenvalue weighted by molar-refractivity contribution is -0.384. The third-order valence-corrected chi connectivity index (χ3v) is 5.88. The average Bonchev–Trinajstić information content (AvgIpc) is 3.21. The third kappa shape index (κ3) is 3.60. The Balaban J connectivity index is 1.69. The van der Waals surface area contributed by atoms with Crippen LogP contribution in [0.25, 0.3) is 0 Å². The lowest BCUT2D eigenvalue weighted by Gasteiger charge is -2.37. The van der Waals surface area contributed by atoms with Gasteiger partial charge in [-0.3, -0.25) is 10.1 Å². The Morgan fingerprint density at radius 3 is 2.90 bits per heavy atom. The lowest BCUT2D eigenvalue weighted by atomic mass is 9.76. The van der Waals surface area contributed by atoms with Gasteiger partial charge in [0.05, 0.1) is 23.1 Å². The summed E-state index contributed by atoms with van der Waals surface area (Å²) in [6, 6.07) is 10.4. The average molecular weight is 413 g/mol. The molecular weight excluding hydrogens is 392 g/mol. The molecule has 0 radical (unpaired) electrons. The first-order valence-corrected chi connectivity index (χ1v) is 10.1. The van der Waals surface area contributed by atoms with Gasteiger partial charge in [0.1, 0.15) is 5.02 Å². The molecule has 2 aromatic carbocycles. The number of hydrogen-bond acceptors (Lipinski definition) is 5. The van der Waals surface area contributed by atoms with E-state index in [9.17, 15) is 14.9 Å². The van der Waals surface area contributed by atoms with Crippen molar-refractivity contribution in [3.63, 3.8) is 0 Å². The first kappa shape index (κ1) is 19.5. The molecule has 1 N–H and O–H groups in total. The Labute approximate surface area is 173 Å². The largest absolute Gasteiger partial charge is 0.462 e. The van der Waals surface area contributed by atoms with Crippen LogP contribution >= 0.6 is 11.6 Å². The second kappa shape index (κ2) is 7.87. The van der Waals surface area contributed by atoms with Crippen molar-refractivity contribution < 1.29 is 14.5 Å². The summed E-state index contributed by atoms with van der Waals surface area (Å²) in [4.78, 5) is 23.1. The molecule has 2 aliphatic rings. The molecule has 0 spiro atoms. The lowest BCUT2D eigenvalue weighted by Crippen LogP contribution is -2.29. The van der Waals surface area contributed by atoms with Gasteiger partial charge in [-0.1, -0.05) is 36.7 Å². The molecule has 1 aliphatic carbocycles. The Kier molecular flexibility index (Phi) is 5.28. The van der Waals surface area contributed by atoms with Crippen LogP contribution in [0.4, 0.5) is 11.4 Å². The molecule has 0 fully saturated rings. The first-order chi connectivity index (χ1) is 14.0. The minimum absolute atomic E-state index is 0.0867. The fourth-order valence-corrected chi connectivity index (χ4v) is 4.38. The number of anilines is 1. The van der Waals surface area contributed by atoms with Gasteiger partial charge in [0.2, 0.25) is 0 Å². The maximum Gasteiger partial charge on any atom is 0.338 e. The van der Waals surface area contributed by atoms with E-state index in [4.69, 9.17) is 16.3 Å². The fourth-order valence-electron chi connectivity index (χ4n) is 4.19. The highest BCUT2D eigenvalue weighted by Crippen LogP contribution is 2.50. The predicted molar refractivity (Wildman–Crippen MR) is 111 cm³/mol. The number of carbonyl (C=O) groups excluding carboxylic acids is 1. The fraction of sp³-hybridized carbons (Fsp3) is 0.318. The molecule has 1 heterocycles. The van der Waals surface area contributed by atoms with E-state index in [-0.39, 0.29) is 34.6 Å². The first-order valence-electron chi connectivity index (χ1n) is 9.67. The number of esters is 1. The quantitative estimate of drug-likeness (QED) is 0.297. The molecule has 4 rings (SSSR count). The highest BCUT2D eigenvalue weighted by molar-refractivity contribution is 6.32. The van der Waals surface area contributed by atoms with E-state index in [1.165, 1.54) is 0 Å². The molecule has 0 saturated carbocycles. The second-order valence-electron chi connectivity index (χ2n) is 7.38. The number of nitro groups is 1. The normalized spacial score (nSPS) is 21.8. The number of ether oxygens (including phenoxy) is 1. The Morgan fingerprint density at radius 1 is 1.31 bits per heavy atom. The van der Waals surface area contributed by atoms with Crippen LogP contribution in [0.5, 0.6) is 0 Å². The minimum atomic E-state index is -0.457. The zero-order chi connectivity index (χ0) is 20.5. The molecule has 6 nitrogen and oxygen atoms in total. The van der Waals surface area contributed by atoms with E-state index in [1.807, 2.05) is 25.1 Å². The molecule has 150 valence electrons. The SMILES string of the molecule is CCCOC(=O)c1ccc2c(c1)C1C=CCC1C(c1ccc(Cl)c([N+](=O)[O-])c1)N2. The summed E-state index contributed by atoms with van der Waals surface area (Å²) in [5, 5.41) is 15.0. The molecule has 1 aliphatic heterocycles. The minimum Gasteiger partial charge on any atom is -0.462 e. The van der Waals surface area contributed by atoms with Gasteiger partial charge in [-0.15, -0.1) is 0 Å². The molecule has 2 aromatic rings. The zero-order valence-corrected chi connectivity index (χ0v) is 16.7. The molecule has 3 atom stereocenters. The number of nitrogens with zero attached hydrogens (tertiary/aromatic N) is 1. The van der Waals surface area contributed by atoms with Crippen LogP contribution in [-0.4, -0.2) is 17.5 Å². The van der Waals surface area contributed by atoms with E-state index in [0.29, 0.717) is 12.2 Å². The van der Waals surface area contributed by atoms with Gasteiger partial charge >= 0.3 is 5.97 Å². The smallest absolute Gasteiger partial charge is 0.338 e. The van der Waals surface area contributed by atoms with Crippen LogP contribution in [0.1, 0.15) is 53.2 Å². The summed E-state index contributed by atoms with van der Waals surface area (Å²) in [7, 11) is 0. The van der Waals surface area contributed by atoms with Crippen molar-refractivity contribution in [3.8, 4) is 0 Å². The van der Waals surface area contributed by atoms with Crippen LogP contribution in [0.15, 0.2) is 48.6 Å². The maximum atomic E-state index is 12.3. The van der Waals surface area contributed by atoms with E-state index < -0.39 is 4.92 Å². The molecular formula is C22H21ClN2O4. The molecule has 7 heteroatoms. The summed E-state index contributed by atoms with van der Waals surface area (Å²) in [6.07, 6.45) is 5.91. The number of allylic oxidation sites excluding steroid dienone is 2. The highest BCUT2D eigenvalue weighted by Gasteiger charge is 2.38. The van der Waals surface area contributed by atoms with Crippen molar-refractivity contribution in [2.45, 2.75) is 31.7 Å². The number of carbonyl (C=O) groups is 1. The summed E-state index contributed by atoms with van der Waals surface area (Å²) < 4.78 is 5.26. The number of hydrogen-bond donors (Lipinski definition) is 1. The van der Waals surface area contributed by atoms with E-state index in [2.05, 4.69) is 17.5 Å². The van der Waals surface area contributed by atoms with Crippen LogP contribution in [-0.2, 0) is 4.74 Å². The van der Waals surface area contributed by atoms with Crippen molar-refractivity contribution in [2.75, 3.05) is 11.9 Å². The van der Waals surface area contributed by atoms with Crippen molar-refractivity contribution in [1.82, 2.24) is 0 Å². The summed E-state index contributed by atoms with van der Waals surface area (Å²) in [6.45, 7) is 2.36. The molecule has 0 bridgehead atoms.